The first kappa shape index (κ1) is 18.6. The van der Waals surface area contributed by atoms with Gasteiger partial charge in [0.15, 0.2) is 11.5 Å². The molecule has 1 heterocycles. The monoisotopic (exact) mass is 370 g/mol. The number of hydrogen-bond donors (Lipinski definition) is 2. The average molecular weight is 370 g/mol. The molecule has 1 aliphatic heterocycles. The molecule has 142 valence electrons. The number of alkyl carbamates (subject to hydrolysis) is 1. The lowest BCUT2D eigenvalue weighted by atomic mass is 10.1. The van der Waals surface area contributed by atoms with Crippen molar-refractivity contribution in [3.8, 4) is 11.5 Å². The standard InChI is InChI=1S/C20H22N2O5/c1-14(22-20(24)25-12-16-5-3-2-4-6-16)19(23)21-10-9-15-7-8-17-18(11-15)27-13-26-17/h2-8,11,14H,9-10,12-13H2,1H3,(H,21,23)(H,22,24)/t14-/m0/s1. The van der Waals surface area contributed by atoms with E-state index in [4.69, 9.17) is 14.2 Å². The summed E-state index contributed by atoms with van der Waals surface area (Å²) in [4.78, 5) is 23.9. The van der Waals surface area contributed by atoms with Crippen LogP contribution in [0, 0.1) is 0 Å². The molecule has 1 aliphatic rings. The lowest BCUT2D eigenvalue weighted by Gasteiger charge is -2.14. The highest BCUT2D eigenvalue weighted by Crippen LogP contribution is 2.32. The first-order valence-corrected chi connectivity index (χ1v) is 8.75. The summed E-state index contributed by atoms with van der Waals surface area (Å²) in [5.41, 5.74) is 1.91. The van der Waals surface area contributed by atoms with Crippen LogP contribution in [0.5, 0.6) is 11.5 Å². The van der Waals surface area contributed by atoms with Crippen LogP contribution in [0.3, 0.4) is 0 Å². The number of carbonyl (C=O) groups excluding carboxylic acids is 2. The fraction of sp³-hybridized carbons (Fsp3) is 0.300. The number of benzene rings is 2. The lowest BCUT2D eigenvalue weighted by Crippen LogP contribution is -2.45. The SMILES string of the molecule is C[C@H](NC(=O)OCc1ccccc1)C(=O)NCCc1ccc2c(c1)OCO2. The summed E-state index contributed by atoms with van der Waals surface area (Å²) in [7, 11) is 0. The Labute approximate surface area is 157 Å². The third-order valence-corrected chi connectivity index (χ3v) is 4.09. The molecule has 0 unspecified atom stereocenters. The fourth-order valence-corrected chi connectivity index (χ4v) is 2.59. The van der Waals surface area contributed by atoms with Gasteiger partial charge in [-0.3, -0.25) is 4.79 Å². The van der Waals surface area contributed by atoms with Crippen molar-refractivity contribution < 1.29 is 23.8 Å². The Hall–Kier alpha value is -3.22. The Morgan fingerprint density at radius 2 is 1.85 bits per heavy atom. The molecule has 0 aromatic heterocycles. The Balaban J connectivity index is 1.36. The van der Waals surface area contributed by atoms with Crippen molar-refractivity contribution in [3.63, 3.8) is 0 Å². The van der Waals surface area contributed by atoms with Crippen LogP contribution >= 0.6 is 0 Å². The first-order chi connectivity index (χ1) is 13.1. The molecule has 0 radical (unpaired) electrons. The molecule has 0 fully saturated rings. The third-order valence-electron chi connectivity index (χ3n) is 4.09. The molecule has 0 saturated heterocycles. The Morgan fingerprint density at radius 1 is 1.07 bits per heavy atom. The van der Waals surface area contributed by atoms with E-state index in [1.54, 1.807) is 6.92 Å². The molecule has 7 heteroatoms. The van der Waals surface area contributed by atoms with Crippen molar-refractivity contribution >= 4 is 12.0 Å². The smallest absolute Gasteiger partial charge is 0.408 e. The van der Waals surface area contributed by atoms with E-state index in [1.165, 1.54) is 0 Å². The molecule has 2 aromatic rings. The Bertz CT molecular complexity index is 794. The second-order valence-corrected chi connectivity index (χ2v) is 6.16. The van der Waals surface area contributed by atoms with E-state index in [0.717, 1.165) is 22.6 Å². The number of fused-ring (bicyclic) bond motifs is 1. The van der Waals surface area contributed by atoms with Gasteiger partial charge in [0, 0.05) is 6.54 Å². The van der Waals surface area contributed by atoms with Gasteiger partial charge in [-0.25, -0.2) is 4.79 Å². The fourth-order valence-electron chi connectivity index (χ4n) is 2.59. The van der Waals surface area contributed by atoms with Gasteiger partial charge < -0.3 is 24.8 Å². The molecular formula is C20H22N2O5. The van der Waals surface area contributed by atoms with Crippen LogP contribution in [0.15, 0.2) is 48.5 Å². The zero-order valence-electron chi connectivity index (χ0n) is 15.1. The Kier molecular flexibility index (Phi) is 6.14. The van der Waals surface area contributed by atoms with Crippen LogP contribution < -0.4 is 20.1 Å². The molecule has 0 bridgehead atoms. The van der Waals surface area contributed by atoms with E-state index in [-0.39, 0.29) is 19.3 Å². The van der Waals surface area contributed by atoms with Crippen molar-refractivity contribution in [1.29, 1.82) is 0 Å². The average Bonchev–Trinajstić information content (AvgIpc) is 3.15. The number of rotatable bonds is 7. The van der Waals surface area contributed by atoms with Crippen molar-refractivity contribution in [1.82, 2.24) is 10.6 Å². The molecule has 27 heavy (non-hydrogen) atoms. The summed E-state index contributed by atoms with van der Waals surface area (Å²) < 4.78 is 15.7. The highest BCUT2D eigenvalue weighted by atomic mass is 16.7. The molecule has 3 rings (SSSR count). The summed E-state index contributed by atoms with van der Waals surface area (Å²) in [6.45, 7) is 2.45. The second-order valence-electron chi connectivity index (χ2n) is 6.16. The number of ether oxygens (including phenoxy) is 3. The second kappa shape index (κ2) is 8.93. The van der Waals surface area contributed by atoms with Gasteiger partial charge >= 0.3 is 6.09 Å². The Morgan fingerprint density at radius 3 is 2.67 bits per heavy atom. The molecule has 0 aliphatic carbocycles. The van der Waals surface area contributed by atoms with Crippen LogP contribution in [0.2, 0.25) is 0 Å². The van der Waals surface area contributed by atoms with Crippen LogP contribution in [0.1, 0.15) is 18.1 Å². The zero-order chi connectivity index (χ0) is 19.1. The minimum Gasteiger partial charge on any atom is -0.454 e. The summed E-state index contributed by atoms with van der Waals surface area (Å²) in [6, 6.07) is 14.3. The van der Waals surface area contributed by atoms with E-state index in [0.29, 0.717) is 13.0 Å². The van der Waals surface area contributed by atoms with E-state index >= 15 is 0 Å². The molecule has 7 nitrogen and oxygen atoms in total. The van der Waals surface area contributed by atoms with E-state index in [9.17, 15) is 9.59 Å². The van der Waals surface area contributed by atoms with Crippen LogP contribution in [-0.2, 0) is 22.6 Å². The number of hydrogen-bond acceptors (Lipinski definition) is 5. The van der Waals surface area contributed by atoms with Crippen LogP contribution in [-0.4, -0.2) is 31.4 Å². The molecule has 1 atom stereocenters. The molecule has 2 amide bonds. The molecule has 2 N–H and O–H groups in total. The van der Waals surface area contributed by atoms with Gasteiger partial charge in [0.1, 0.15) is 12.6 Å². The van der Waals surface area contributed by atoms with Gasteiger partial charge in [-0.15, -0.1) is 0 Å². The van der Waals surface area contributed by atoms with Crippen LogP contribution in [0.25, 0.3) is 0 Å². The highest BCUT2D eigenvalue weighted by molar-refractivity contribution is 5.85. The predicted octanol–water partition coefficient (Wildman–Crippen LogP) is 2.39. The topological polar surface area (TPSA) is 85.9 Å². The summed E-state index contributed by atoms with van der Waals surface area (Å²) in [6.07, 6.45) is 0.0189. The molecule has 0 spiro atoms. The van der Waals surface area contributed by atoms with Gasteiger partial charge in [0.05, 0.1) is 0 Å². The first-order valence-electron chi connectivity index (χ1n) is 8.75. The van der Waals surface area contributed by atoms with Crippen molar-refractivity contribution in [2.75, 3.05) is 13.3 Å². The lowest BCUT2D eigenvalue weighted by molar-refractivity contribution is -0.122. The summed E-state index contributed by atoms with van der Waals surface area (Å²) in [5, 5.41) is 5.32. The minimum absolute atomic E-state index is 0.158. The third kappa shape index (κ3) is 5.37. The molecular weight excluding hydrogens is 348 g/mol. The zero-order valence-corrected chi connectivity index (χ0v) is 15.1. The maximum Gasteiger partial charge on any atom is 0.408 e. The largest absolute Gasteiger partial charge is 0.454 e. The summed E-state index contributed by atoms with van der Waals surface area (Å²) in [5.74, 6) is 1.18. The minimum atomic E-state index is -0.690. The van der Waals surface area contributed by atoms with E-state index in [1.807, 2.05) is 48.5 Å². The van der Waals surface area contributed by atoms with E-state index < -0.39 is 12.1 Å². The normalized spacial score (nSPS) is 12.9. The van der Waals surface area contributed by atoms with Gasteiger partial charge in [0.2, 0.25) is 12.7 Å². The van der Waals surface area contributed by atoms with Crippen molar-refractivity contribution in [2.24, 2.45) is 0 Å². The number of carbonyl (C=O) groups is 2. The number of amides is 2. The van der Waals surface area contributed by atoms with Gasteiger partial charge in [-0.05, 0) is 36.6 Å². The van der Waals surface area contributed by atoms with Crippen molar-refractivity contribution in [2.45, 2.75) is 26.0 Å². The maximum absolute atomic E-state index is 12.1. The van der Waals surface area contributed by atoms with Gasteiger partial charge in [-0.1, -0.05) is 36.4 Å². The molecule has 0 saturated carbocycles. The summed E-state index contributed by atoms with van der Waals surface area (Å²) >= 11 is 0. The highest BCUT2D eigenvalue weighted by Gasteiger charge is 2.16. The number of nitrogens with one attached hydrogen (secondary N) is 2. The predicted molar refractivity (Wildman–Crippen MR) is 98.5 cm³/mol. The quantitative estimate of drug-likeness (QED) is 0.782. The van der Waals surface area contributed by atoms with Gasteiger partial charge in [-0.2, -0.15) is 0 Å². The molecule has 2 aromatic carbocycles. The van der Waals surface area contributed by atoms with E-state index in [2.05, 4.69) is 10.6 Å². The van der Waals surface area contributed by atoms with Crippen molar-refractivity contribution in [3.05, 3.63) is 59.7 Å². The van der Waals surface area contributed by atoms with Gasteiger partial charge in [0.25, 0.3) is 0 Å². The van der Waals surface area contributed by atoms with Crippen LogP contribution in [0.4, 0.5) is 4.79 Å². The maximum atomic E-state index is 12.1.